The molecule has 13 heteroatoms. The number of carbonyl (C=O) groups excluding carboxylic acids is 2. The molecule has 0 aliphatic carbocycles. The molecule has 0 bridgehead atoms. The average Bonchev–Trinajstić information content (AvgIpc) is 3.14. The van der Waals surface area contributed by atoms with E-state index in [0.29, 0.717) is 12.8 Å². The fourth-order valence-electron chi connectivity index (χ4n) is 6.41. The Morgan fingerprint density at radius 2 is 1.09 bits per heavy atom. The van der Waals surface area contributed by atoms with Crippen LogP contribution in [0, 0.1) is 0 Å². The zero-order chi connectivity index (χ0) is 40.6. The summed E-state index contributed by atoms with van der Waals surface area (Å²) in [7, 11) is -4.60. The average molecular weight is 805 g/mol. The van der Waals surface area contributed by atoms with Gasteiger partial charge in [-0.1, -0.05) is 141 Å². The molecular formula is C42H76O12S. The summed E-state index contributed by atoms with van der Waals surface area (Å²) in [6, 6.07) is 0. The van der Waals surface area contributed by atoms with Crippen LogP contribution >= 0.6 is 0 Å². The van der Waals surface area contributed by atoms with Crippen LogP contribution in [-0.2, 0) is 38.7 Å². The van der Waals surface area contributed by atoms with Gasteiger partial charge >= 0.3 is 11.9 Å². The molecule has 0 aromatic rings. The molecule has 1 aliphatic rings. The lowest BCUT2D eigenvalue weighted by Gasteiger charge is -2.40. The molecular weight excluding hydrogens is 729 g/mol. The minimum Gasteiger partial charge on any atom is -0.462 e. The number of hydrogen-bond acceptors (Lipinski definition) is 11. The Kier molecular flexibility index (Phi) is 30.8. The molecule has 12 nitrogen and oxygen atoms in total. The molecule has 0 aromatic carbocycles. The van der Waals surface area contributed by atoms with Gasteiger partial charge < -0.3 is 34.3 Å². The number of ether oxygens (including phenoxy) is 4. The summed E-state index contributed by atoms with van der Waals surface area (Å²) >= 11 is 0. The molecule has 0 spiro atoms. The predicted molar refractivity (Wildman–Crippen MR) is 215 cm³/mol. The van der Waals surface area contributed by atoms with Crippen molar-refractivity contribution in [2.75, 3.05) is 19.0 Å². The maximum Gasteiger partial charge on any atom is 0.306 e. The molecule has 322 valence electrons. The Balaban J connectivity index is 2.42. The van der Waals surface area contributed by atoms with Crippen LogP contribution in [0.4, 0.5) is 0 Å². The zero-order valence-corrected chi connectivity index (χ0v) is 34.9. The number of allylic oxidation sites excluding steroid dienone is 4. The van der Waals surface area contributed by atoms with Crippen molar-refractivity contribution in [2.45, 2.75) is 211 Å². The number of hydrogen-bond donors (Lipinski definition) is 4. The predicted octanol–water partition coefficient (Wildman–Crippen LogP) is 8.06. The maximum atomic E-state index is 12.8. The van der Waals surface area contributed by atoms with Gasteiger partial charge in [-0.15, -0.1) is 0 Å². The Morgan fingerprint density at radius 3 is 1.64 bits per heavy atom. The lowest BCUT2D eigenvalue weighted by Crippen LogP contribution is -2.60. The highest BCUT2D eigenvalue weighted by atomic mass is 32.2. The molecule has 0 saturated carbocycles. The third-order valence-corrected chi connectivity index (χ3v) is 10.5. The third-order valence-electron chi connectivity index (χ3n) is 9.78. The summed E-state index contributed by atoms with van der Waals surface area (Å²) in [5, 5.41) is 30.8. The van der Waals surface area contributed by atoms with Gasteiger partial charge in [0.25, 0.3) is 10.1 Å². The molecule has 1 aliphatic heterocycles. The number of aliphatic hydroxyl groups excluding tert-OH is 3. The zero-order valence-electron chi connectivity index (χ0n) is 34.0. The largest absolute Gasteiger partial charge is 0.462 e. The van der Waals surface area contributed by atoms with Gasteiger partial charge in [0.1, 0.15) is 36.8 Å². The van der Waals surface area contributed by atoms with Gasteiger partial charge in [0.2, 0.25) is 0 Å². The van der Waals surface area contributed by atoms with E-state index in [4.69, 9.17) is 18.9 Å². The number of esters is 2. The van der Waals surface area contributed by atoms with Crippen LogP contribution in [-0.4, -0.2) is 96.0 Å². The molecule has 1 rings (SSSR count). The van der Waals surface area contributed by atoms with E-state index in [1.165, 1.54) is 83.5 Å². The van der Waals surface area contributed by atoms with E-state index in [1.807, 2.05) is 0 Å². The van der Waals surface area contributed by atoms with Crippen LogP contribution in [0.2, 0.25) is 0 Å². The first kappa shape index (κ1) is 51.1. The first-order valence-electron chi connectivity index (χ1n) is 21.4. The van der Waals surface area contributed by atoms with Crippen molar-refractivity contribution in [1.29, 1.82) is 0 Å². The van der Waals surface area contributed by atoms with E-state index in [1.54, 1.807) is 0 Å². The van der Waals surface area contributed by atoms with E-state index in [9.17, 15) is 37.9 Å². The normalized spacial score (nSPS) is 21.0. The number of aliphatic hydroxyl groups is 3. The van der Waals surface area contributed by atoms with Crippen molar-refractivity contribution < 1.29 is 56.8 Å². The second-order valence-corrected chi connectivity index (χ2v) is 16.5. The van der Waals surface area contributed by atoms with Crippen molar-refractivity contribution in [3.05, 3.63) is 24.3 Å². The van der Waals surface area contributed by atoms with Gasteiger partial charge in [-0.3, -0.25) is 14.1 Å². The van der Waals surface area contributed by atoms with Gasteiger partial charge in [-0.2, -0.15) is 8.42 Å². The van der Waals surface area contributed by atoms with Gasteiger partial charge in [-0.25, -0.2) is 0 Å². The van der Waals surface area contributed by atoms with E-state index < -0.39 is 71.2 Å². The maximum absolute atomic E-state index is 12.8. The van der Waals surface area contributed by atoms with Crippen LogP contribution in [0.15, 0.2) is 24.3 Å². The lowest BCUT2D eigenvalue weighted by atomic mass is 10.00. The highest BCUT2D eigenvalue weighted by Gasteiger charge is 2.46. The molecule has 0 amide bonds. The SMILES string of the molecule is CCCCC/C=C/C/C=C/CCCCCCCCCCCC(=O)O[C@H](COC(=O)CCCCCCCCCC)CO[C@H]1O[C@H](CS(=O)(=O)O)[C@@H](O)C(O)C1O. The molecule has 1 fully saturated rings. The Bertz CT molecular complexity index is 1130. The lowest BCUT2D eigenvalue weighted by molar-refractivity contribution is -0.297. The van der Waals surface area contributed by atoms with Crippen molar-refractivity contribution in [3.8, 4) is 0 Å². The van der Waals surface area contributed by atoms with Crippen LogP contribution in [0.5, 0.6) is 0 Å². The molecule has 1 saturated heterocycles. The quantitative estimate of drug-likeness (QED) is 0.0209. The standard InChI is InChI=1S/C42H76O12S/c1-3-5-7-9-11-13-14-15-16-17-18-19-20-21-22-23-25-27-29-31-38(44)53-35(32-51-37(43)30-28-26-24-12-10-8-6-4-2)33-52-42-41(47)40(46)39(45)36(54-42)34-55(48,49)50/h11,13,15-16,35-36,39-42,45-47H,3-10,12,14,17-34H2,1-2H3,(H,48,49,50)/b13-11+,16-15+/t35-,36-,39-,40?,41?,42+/m1/s1. The van der Waals surface area contributed by atoms with Gasteiger partial charge in [0.05, 0.1) is 6.61 Å². The first-order valence-corrected chi connectivity index (χ1v) is 23.0. The molecule has 2 unspecified atom stereocenters. The third kappa shape index (κ3) is 28.2. The van der Waals surface area contributed by atoms with Crippen LogP contribution < -0.4 is 0 Å². The molecule has 0 aromatic heterocycles. The minimum absolute atomic E-state index is 0.161. The van der Waals surface area contributed by atoms with Crippen molar-refractivity contribution >= 4 is 22.1 Å². The second kappa shape index (κ2) is 33.1. The molecule has 1 heterocycles. The molecule has 55 heavy (non-hydrogen) atoms. The molecule has 4 N–H and O–H groups in total. The van der Waals surface area contributed by atoms with E-state index >= 15 is 0 Å². The monoisotopic (exact) mass is 805 g/mol. The summed E-state index contributed by atoms with van der Waals surface area (Å²) in [4.78, 5) is 25.2. The summed E-state index contributed by atoms with van der Waals surface area (Å²) < 4.78 is 53.9. The van der Waals surface area contributed by atoms with Crippen molar-refractivity contribution in [3.63, 3.8) is 0 Å². The van der Waals surface area contributed by atoms with E-state index in [-0.39, 0.29) is 19.4 Å². The van der Waals surface area contributed by atoms with E-state index in [2.05, 4.69) is 38.2 Å². The smallest absolute Gasteiger partial charge is 0.306 e. The second-order valence-electron chi connectivity index (χ2n) is 15.0. The van der Waals surface area contributed by atoms with Crippen LogP contribution in [0.1, 0.15) is 174 Å². The van der Waals surface area contributed by atoms with Crippen molar-refractivity contribution in [1.82, 2.24) is 0 Å². The Labute approximate surface area is 332 Å². The summed E-state index contributed by atoms with van der Waals surface area (Å²) in [5.41, 5.74) is 0. The highest BCUT2D eigenvalue weighted by molar-refractivity contribution is 7.85. The molecule has 0 radical (unpaired) electrons. The first-order chi connectivity index (χ1) is 26.5. The van der Waals surface area contributed by atoms with E-state index in [0.717, 1.165) is 51.4 Å². The number of rotatable bonds is 35. The summed E-state index contributed by atoms with van der Waals surface area (Å²) in [6.07, 6.45) is 25.3. The van der Waals surface area contributed by atoms with Gasteiger partial charge in [-0.05, 0) is 44.9 Å². The highest BCUT2D eigenvalue weighted by Crippen LogP contribution is 2.24. The topological polar surface area (TPSA) is 186 Å². The number of unbranched alkanes of at least 4 members (excludes halogenated alkanes) is 19. The minimum atomic E-state index is -4.60. The fraction of sp³-hybridized carbons (Fsp3) is 0.857. The summed E-state index contributed by atoms with van der Waals surface area (Å²) in [6.45, 7) is 3.68. The van der Waals surface area contributed by atoms with Gasteiger partial charge in [0, 0.05) is 12.8 Å². The Morgan fingerprint density at radius 1 is 0.618 bits per heavy atom. The summed E-state index contributed by atoms with van der Waals surface area (Å²) in [5.74, 6) is -1.99. The molecule has 6 atom stereocenters. The van der Waals surface area contributed by atoms with Gasteiger partial charge in [0.15, 0.2) is 12.4 Å². The fourth-order valence-corrected chi connectivity index (χ4v) is 7.10. The number of carbonyl (C=O) groups is 2. The van der Waals surface area contributed by atoms with Crippen LogP contribution in [0.3, 0.4) is 0 Å². The Hall–Kier alpha value is -1.87. The van der Waals surface area contributed by atoms with Crippen molar-refractivity contribution in [2.24, 2.45) is 0 Å². The van der Waals surface area contributed by atoms with Crippen LogP contribution in [0.25, 0.3) is 0 Å².